The Morgan fingerprint density at radius 3 is 2.78 bits per heavy atom. The van der Waals surface area contributed by atoms with Gasteiger partial charge >= 0.3 is 0 Å². The summed E-state index contributed by atoms with van der Waals surface area (Å²) in [6, 6.07) is 6.95. The van der Waals surface area contributed by atoms with E-state index in [1.165, 1.54) is 7.11 Å². The van der Waals surface area contributed by atoms with Crippen LogP contribution in [-0.4, -0.2) is 23.0 Å². The summed E-state index contributed by atoms with van der Waals surface area (Å²) >= 11 is 0. The Labute approximate surface area is 105 Å². The summed E-state index contributed by atoms with van der Waals surface area (Å²) in [5, 5.41) is 2.69. The van der Waals surface area contributed by atoms with Gasteiger partial charge in [-0.05, 0) is 30.7 Å². The van der Waals surface area contributed by atoms with Gasteiger partial charge in [0.15, 0.2) is 0 Å². The summed E-state index contributed by atoms with van der Waals surface area (Å²) in [6.07, 6.45) is 3.26. The number of methoxy groups -OCH3 is 1. The number of nitrogens with zero attached hydrogens (tertiary/aromatic N) is 2. The lowest BCUT2D eigenvalue weighted by Gasteiger charge is -2.07. The van der Waals surface area contributed by atoms with E-state index >= 15 is 0 Å². The molecule has 0 bridgehead atoms. The summed E-state index contributed by atoms with van der Waals surface area (Å²) in [6.45, 7) is 1.93. The lowest BCUT2D eigenvalue weighted by Crippen LogP contribution is -2.14. The van der Waals surface area contributed by atoms with Gasteiger partial charge in [-0.2, -0.15) is 0 Å². The van der Waals surface area contributed by atoms with E-state index in [0.717, 1.165) is 5.56 Å². The molecular formula is C13H13N3O2. The predicted molar refractivity (Wildman–Crippen MR) is 67.7 cm³/mol. The molecule has 2 heterocycles. The lowest BCUT2D eigenvalue weighted by atomic mass is 10.2. The Balaban J connectivity index is 2.19. The van der Waals surface area contributed by atoms with E-state index in [1.54, 1.807) is 30.6 Å². The summed E-state index contributed by atoms with van der Waals surface area (Å²) in [4.78, 5) is 20.1. The van der Waals surface area contributed by atoms with Crippen molar-refractivity contribution >= 4 is 11.7 Å². The third-order valence-electron chi connectivity index (χ3n) is 2.36. The number of pyridine rings is 2. The molecule has 0 aliphatic heterocycles. The van der Waals surface area contributed by atoms with Gasteiger partial charge in [-0.3, -0.25) is 4.79 Å². The molecule has 0 fully saturated rings. The summed E-state index contributed by atoms with van der Waals surface area (Å²) < 4.78 is 5.03. The molecule has 18 heavy (non-hydrogen) atoms. The highest BCUT2D eigenvalue weighted by molar-refractivity contribution is 6.05. The Morgan fingerprint density at radius 2 is 2.11 bits per heavy atom. The number of rotatable bonds is 3. The van der Waals surface area contributed by atoms with Crippen molar-refractivity contribution in [1.29, 1.82) is 0 Å². The van der Waals surface area contributed by atoms with Crippen LogP contribution in [-0.2, 0) is 0 Å². The van der Waals surface area contributed by atoms with Crippen LogP contribution in [0.5, 0.6) is 5.88 Å². The van der Waals surface area contributed by atoms with Crippen LogP contribution in [0.3, 0.4) is 0 Å². The highest BCUT2D eigenvalue weighted by Gasteiger charge is 2.13. The molecule has 5 nitrogen and oxygen atoms in total. The van der Waals surface area contributed by atoms with Crippen molar-refractivity contribution in [1.82, 2.24) is 9.97 Å². The van der Waals surface area contributed by atoms with E-state index in [2.05, 4.69) is 15.3 Å². The molecule has 1 N–H and O–H groups in total. The van der Waals surface area contributed by atoms with Gasteiger partial charge in [-0.15, -0.1) is 0 Å². The minimum absolute atomic E-state index is 0.294. The first kappa shape index (κ1) is 12.0. The van der Waals surface area contributed by atoms with E-state index < -0.39 is 0 Å². The van der Waals surface area contributed by atoms with E-state index in [4.69, 9.17) is 4.74 Å². The Morgan fingerprint density at radius 1 is 1.28 bits per heavy atom. The number of aromatic nitrogens is 2. The zero-order chi connectivity index (χ0) is 13.0. The van der Waals surface area contributed by atoms with Crippen molar-refractivity contribution in [3.8, 4) is 5.88 Å². The second-order valence-electron chi connectivity index (χ2n) is 3.74. The number of ether oxygens (including phenoxy) is 1. The first-order valence-electron chi connectivity index (χ1n) is 5.43. The van der Waals surface area contributed by atoms with Crippen molar-refractivity contribution in [2.75, 3.05) is 12.4 Å². The normalized spacial score (nSPS) is 9.89. The molecule has 0 aliphatic rings. The molecule has 2 aromatic heterocycles. The number of hydrogen-bond donors (Lipinski definition) is 1. The first-order valence-corrected chi connectivity index (χ1v) is 5.43. The van der Waals surface area contributed by atoms with Gasteiger partial charge in [0.2, 0.25) is 5.88 Å². The zero-order valence-electron chi connectivity index (χ0n) is 10.2. The zero-order valence-corrected chi connectivity index (χ0v) is 10.2. The SMILES string of the molecule is COc1ncccc1C(=O)Nc1ccc(C)cn1. The van der Waals surface area contributed by atoms with Crippen LogP contribution >= 0.6 is 0 Å². The number of amides is 1. The fraction of sp³-hybridized carbons (Fsp3) is 0.154. The van der Waals surface area contributed by atoms with Crippen LogP contribution in [0.25, 0.3) is 0 Å². The smallest absolute Gasteiger partial charge is 0.262 e. The number of anilines is 1. The summed E-state index contributed by atoms with van der Waals surface area (Å²) in [7, 11) is 1.48. The minimum Gasteiger partial charge on any atom is -0.480 e. The Hall–Kier alpha value is -2.43. The highest BCUT2D eigenvalue weighted by atomic mass is 16.5. The standard InChI is InChI=1S/C13H13N3O2/c1-9-5-6-11(15-8-9)16-12(17)10-4-3-7-14-13(10)18-2/h3-8H,1-2H3,(H,15,16,17). The van der Waals surface area contributed by atoms with E-state index in [1.807, 2.05) is 13.0 Å². The molecule has 0 aromatic carbocycles. The second-order valence-corrected chi connectivity index (χ2v) is 3.74. The van der Waals surface area contributed by atoms with Crippen molar-refractivity contribution in [2.24, 2.45) is 0 Å². The number of nitrogens with one attached hydrogen (secondary N) is 1. The Kier molecular flexibility index (Phi) is 3.52. The topological polar surface area (TPSA) is 64.1 Å². The van der Waals surface area contributed by atoms with E-state index in [9.17, 15) is 4.79 Å². The van der Waals surface area contributed by atoms with E-state index in [0.29, 0.717) is 17.3 Å². The molecule has 2 aromatic rings. The van der Waals surface area contributed by atoms with Crippen LogP contribution in [0.4, 0.5) is 5.82 Å². The quantitative estimate of drug-likeness (QED) is 0.896. The molecule has 0 spiro atoms. The molecule has 0 saturated carbocycles. The molecule has 5 heteroatoms. The van der Waals surface area contributed by atoms with Crippen LogP contribution in [0.1, 0.15) is 15.9 Å². The number of hydrogen-bond acceptors (Lipinski definition) is 4. The Bertz CT molecular complexity index is 552. The average molecular weight is 243 g/mol. The lowest BCUT2D eigenvalue weighted by molar-refractivity contribution is 0.102. The largest absolute Gasteiger partial charge is 0.480 e. The fourth-order valence-corrected chi connectivity index (χ4v) is 1.45. The van der Waals surface area contributed by atoms with Gasteiger partial charge in [-0.25, -0.2) is 9.97 Å². The summed E-state index contributed by atoms with van der Waals surface area (Å²) in [5.74, 6) is 0.495. The van der Waals surface area contributed by atoms with Crippen molar-refractivity contribution in [2.45, 2.75) is 6.92 Å². The number of aryl methyl sites for hydroxylation is 1. The van der Waals surface area contributed by atoms with Crippen molar-refractivity contribution < 1.29 is 9.53 Å². The molecule has 0 aliphatic carbocycles. The summed E-state index contributed by atoms with van der Waals surface area (Å²) in [5.41, 5.74) is 1.41. The van der Waals surface area contributed by atoms with Crippen LogP contribution in [0.15, 0.2) is 36.7 Å². The van der Waals surface area contributed by atoms with Gasteiger partial charge in [0, 0.05) is 12.4 Å². The van der Waals surface area contributed by atoms with Crippen LogP contribution < -0.4 is 10.1 Å². The highest BCUT2D eigenvalue weighted by Crippen LogP contribution is 2.15. The molecule has 0 atom stereocenters. The first-order chi connectivity index (χ1) is 8.70. The van der Waals surface area contributed by atoms with Gasteiger partial charge in [0.05, 0.1) is 7.11 Å². The third kappa shape index (κ3) is 2.63. The maximum absolute atomic E-state index is 12.0. The fourth-order valence-electron chi connectivity index (χ4n) is 1.45. The molecule has 0 unspecified atom stereocenters. The molecule has 0 radical (unpaired) electrons. The van der Waals surface area contributed by atoms with Crippen LogP contribution in [0.2, 0.25) is 0 Å². The maximum Gasteiger partial charge on any atom is 0.262 e. The molecule has 92 valence electrons. The molecule has 1 amide bonds. The van der Waals surface area contributed by atoms with Gasteiger partial charge in [0.1, 0.15) is 11.4 Å². The molecular weight excluding hydrogens is 230 g/mol. The monoisotopic (exact) mass is 243 g/mol. The van der Waals surface area contributed by atoms with E-state index in [-0.39, 0.29) is 5.91 Å². The number of carbonyl (C=O) groups excluding carboxylic acids is 1. The predicted octanol–water partition coefficient (Wildman–Crippen LogP) is 2.05. The average Bonchev–Trinajstić information content (AvgIpc) is 2.41. The maximum atomic E-state index is 12.0. The molecule has 0 saturated heterocycles. The van der Waals surface area contributed by atoms with Gasteiger partial charge in [-0.1, -0.05) is 6.07 Å². The van der Waals surface area contributed by atoms with Crippen molar-refractivity contribution in [3.05, 3.63) is 47.8 Å². The van der Waals surface area contributed by atoms with Gasteiger partial charge in [0.25, 0.3) is 5.91 Å². The van der Waals surface area contributed by atoms with Crippen LogP contribution in [0, 0.1) is 6.92 Å². The van der Waals surface area contributed by atoms with Crippen molar-refractivity contribution in [3.63, 3.8) is 0 Å². The number of carbonyl (C=O) groups is 1. The second kappa shape index (κ2) is 5.27. The third-order valence-corrected chi connectivity index (χ3v) is 2.36. The molecule has 2 rings (SSSR count). The minimum atomic E-state index is -0.295. The van der Waals surface area contributed by atoms with Gasteiger partial charge < -0.3 is 10.1 Å².